The van der Waals surface area contributed by atoms with Crippen molar-refractivity contribution in [2.45, 2.75) is 39.3 Å². The minimum absolute atomic E-state index is 0.0749. The number of aryl methyl sites for hydroxylation is 1. The Kier molecular flexibility index (Phi) is 4.70. The van der Waals surface area contributed by atoms with Crippen LogP contribution in [0.25, 0.3) is 0 Å². The minimum Gasteiger partial charge on any atom is -0.352 e. The molecule has 0 fully saturated rings. The van der Waals surface area contributed by atoms with Crippen LogP contribution in [0, 0.1) is 6.92 Å². The molecule has 1 amide bonds. The summed E-state index contributed by atoms with van der Waals surface area (Å²) in [5, 5.41) is 6.06. The third-order valence-electron chi connectivity index (χ3n) is 2.85. The first-order valence-electron chi connectivity index (χ1n) is 5.94. The molecular weight excluding hydrogens is 212 g/mol. The molecule has 0 radical (unpaired) electrons. The van der Waals surface area contributed by atoms with Gasteiger partial charge in [-0.1, -0.05) is 29.8 Å². The van der Waals surface area contributed by atoms with Gasteiger partial charge in [-0.2, -0.15) is 0 Å². The van der Waals surface area contributed by atoms with Gasteiger partial charge < -0.3 is 10.6 Å². The molecule has 2 N–H and O–H groups in total. The Balaban J connectivity index is 2.44. The number of hydrogen-bond acceptors (Lipinski definition) is 2. The molecule has 1 rings (SSSR count). The molecule has 17 heavy (non-hydrogen) atoms. The van der Waals surface area contributed by atoms with Crippen LogP contribution in [-0.4, -0.2) is 18.5 Å². The Hall–Kier alpha value is -1.35. The van der Waals surface area contributed by atoms with Gasteiger partial charge in [0.1, 0.15) is 0 Å². The van der Waals surface area contributed by atoms with E-state index in [1.807, 2.05) is 33.0 Å². The number of rotatable bonds is 5. The molecule has 1 aromatic rings. The van der Waals surface area contributed by atoms with Gasteiger partial charge in [0.15, 0.2) is 0 Å². The van der Waals surface area contributed by atoms with Gasteiger partial charge in [-0.3, -0.25) is 4.79 Å². The second-order valence-electron chi connectivity index (χ2n) is 5.08. The van der Waals surface area contributed by atoms with E-state index in [9.17, 15) is 4.79 Å². The number of nitrogens with one attached hydrogen (secondary N) is 2. The molecule has 0 bridgehead atoms. The van der Waals surface area contributed by atoms with Crippen LogP contribution in [0.3, 0.4) is 0 Å². The number of carbonyl (C=O) groups excluding carboxylic acids is 1. The quantitative estimate of drug-likeness (QED) is 0.818. The molecule has 3 nitrogen and oxygen atoms in total. The fourth-order valence-electron chi connectivity index (χ4n) is 1.58. The molecular formula is C14H22N2O. The molecule has 0 spiro atoms. The van der Waals surface area contributed by atoms with Crippen molar-refractivity contribution in [3.05, 3.63) is 35.4 Å². The summed E-state index contributed by atoms with van der Waals surface area (Å²) < 4.78 is 0. The molecule has 0 atom stereocenters. The summed E-state index contributed by atoms with van der Waals surface area (Å²) >= 11 is 0. The van der Waals surface area contributed by atoms with Crippen LogP contribution in [0.1, 0.15) is 31.4 Å². The molecule has 0 aliphatic heterocycles. The summed E-state index contributed by atoms with van der Waals surface area (Å²) in [6.45, 7) is 6.67. The van der Waals surface area contributed by atoms with Crippen molar-refractivity contribution in [3.8, 4) is 0 Å². The zero-order valence-electron chi connectivity index (χ0n) is 11.1. The molecule has 3 heteroatoms. The van der Waals surface area contributed by atoms with Gasteiger partial charge >= 0.3 is 0 Å². The van der Waals surface area contributed by atoms with Crippen LogP contribution >= 0.6 is 0 Å². The first-order chi connectivity index (χ1) is 7.93. The lowest BCUT2D eigenvalue weighted by Gasteiger charge is -2.23. The second-order valence-corrected chi connectivity index (χ2v) is 5.08. The first kappa shape index (κ1) is 13.7. The average Bonchev–Trinajstić information content (AvgIpc) is 2.26. The summed E-state index contributed by atoms with van der Waals surface area (Å²) in [6.07, 6.45) is 0.481. The highest BCUT2D eigenvalue weighted by Crippen LogP contribution is 2.07. The smallest absolute Gasteiger partial charge is 0.222 e. The van der Waals surface area contributed by atoms with E-state index in [-0.39, 0.29) is 11.4 Å². The van der Waals surface area contributed by atoms with Crippen molar-refractivity contribution in [3.63, 3.8) is 0 Å². The van der Waals surface area contributed by atoms with E-state index in [2.05, 4.69) is 29.7 Å². The van der Waals surface area contributed by atoms with Crippen molar-refractivity contribution < 1.29 is 4.79 Å². The zero-order valence-corrected chi connectivity index (χ0v) is 11.1. The highest BCUT2D eigenvalue weighted by atomic mass is 16.1. The summed E-state index contributed by atoms with van der Waals surface area (Å²) in [7, 11) is 1.87. The van der Waals surface area contributed by atoms with E-state index >= 15 is 0 Å². The van der Waals surface area contributed by atoms with E-state index in [1.165, 1.54) is 5.56 Å². The number of hydrogen-bond donors (Lipinski definition) is 2. The molecule has 0 saturated carbocycles. The summed E-state index contributed by atoms with van der Waals surface area (Å²) in [5.41, 5.74) is 2.20. The molecule has 0 aliphatic carbocycles. The topological polar surface area (TPSA) is 41.1 Å². The predicted octanol–water partition coefficient (Wildman–Crippen LogP) is 2.00. The number of amides is 1. The van der Waals surface area contributed by atoms with Crippen molar-refractivity contribution in [2.75, 3.05) is 7.05 Å². The maximum Gasteiger partial charge on any atom is 0.222 e. The fourth-order valence-corrected chi connectivity index (χ4v) is 1.58. The normalized spacial score (nSPS) is 11.3. The van der Waals surface area contributed by atoms with E-state index in [1.54, 1.807) is 0 Å². The van der Waals surface area contributed by atoms with Gasteiger partial charge in [-0.05, 0) is 33.4 Å². The van der Waals surface area contributed by atoms with Crippen LogP contribution in [-0.2, 0) is 11.3 Å². The Morgan fingerprint density at radius 1 is 1.35 bits per heavy atom. The first-order valence-corrected chi connectivity index (χ1v) is 5.94. The predicted molar refractivity (Wildman–Crippen MR) is 70.8 cm³/mol. The van der Waals surface area contributed by atoms with Gasteiger partial charge in [0.2, 0.25) is 5.91 Å². The molecule has 0 heterocycles. The van der Waals surface area contributed by atoms with Crippen molar-refractivity contribution in [1.82, 2.24) is 10.6 Å². The molecule has 1 aromatic carbocycles. The Morgan fingerprint density at radius 2 is 2.06 bits per heavy atom. The van der Waals surface area contributed by atoms with Crippen LogP contribution in [0.5, 0.6) is 0 Å². The van der Waals surface area contributed by atoms with Gasteiger partial charge in [-0.25, -0.2) is 0 Å². The maximum absolute atomic E-state index is 11.7. The van der Waals surface area contributed by atoms with Crippen LogP contribution in [0.15, 0.2) is 24.3 Å². The van der Waals surface area contributed by atoms with Crippen molar-refractivity contribution in [2.24, 2.45) is 0 Å². The van der Waals surface area contributed by atoms with Gasteiger partial charge in [-0.15, -0.1) is 0 Å². The third-order valence-corrected chi connectivity index (χ3v) is 2.85. The van der Waals surface area contributed by atoms with Gasteiger partial charge in [0.05, 0.1) is 0 Å². The summed E-state index contributed by atoms with van der Waals surface area (Å²) in [5.74, 6) is 0.0749. The highest BCUT2D eigenvalue weighted by molar-refractivity contribution is 5.77. The van der Waals surface area contributed by atoms with E-state index in [0.717, 1.165) is 5.56 Å². The second kappa shape index (κ2) is 5.82. The van der Waals surface area contributed by atoms with Crippen LogP contribution in [0.2, 0.25) is 0 Å². The van der Waals surface area contributed by atoms with E-state index in [0.29, 0.717) is 13.0 Å². The molecule has 0 unspecified atom stereocenters. The van der Waals surface area contributed by atoms with Crippen molar-refractivity contribution >= 4 is 5.91 Å². The van der Waals surface area contributed by atoms with Gasteiger partial charge in [0.25, 0.3) is 0 Å². The van der Waals surface area contributed by atoms with Gasteiger partial charge in [0, 0.05) is 18.5 Å². The van der Waals surface area contributed by atoms with E-state index in [4.69, 9.17) is 0 Å². The van der Waals surface area contributed by atoms with Crippen LogP contribution < -0.4 is 10.6 Å². The minimum atomic E-state index is -0.156. The summed E-state index contributed by atoms with van der Waals surface area (Å²) in [6, 6.07) is 8.17. The molecule has 0 aromatic heterocycles. The largest absolute Gasteiger partial charge is 0.352 e. The van der Waals surface area contributed by atoms with Crippen LogP contribution in [0.4, 0.5) is 0 Å². The Morgan fingerprint density at radius 3 is 2.65 bits per heavy atom. The van der Waals surface area contributed by atoms with E-state index < -0.39 is 0 Å². The average molecular weight is 234 g/mol. The molecule has 94 valence electrons. The maximum atomic E-state index is 11.7. The summed E-state index contributed by atoms with van der Waals surface area (Å²) in [4.78, 5) is 11.7. The number of carbonyl (C=O) groups is 1. The fraction of sp³-hybridized carbons (Fsp3) is 0.500. The lowest BCUT2D eigenvalue weighted by molar-refractivity contribution is -0.122. The number of benzene rings is 1. The Bertz CT molecular complexity index is 386. The highest BCUT2D eigenvalue weighted by Gasteiger charge is 2.18. The lowest BCUT2D eigenvalue weighted by Crippen LogP contribution is -2.41. The third kappa shape index (κ3) is 5.00. The van der Waals surface area contributed by atoms with Crippen molar-refractivity contribution in [1.29, 1.82) is 0 Å². The SMILES string of the molecule is CNC(C)(C)CC(=O)NCc1cccc(C)c1. The zero-order chi connectivity index (χ0) is 12.9. The standard InChI is InChI=1S/C14H22N2O/c1-11-6-5-7-12(8-11)10-16-13(17)9-14(2,3)15-4/h5-8,15H,9-10H2,1-4H3,(H,16,17). The monoisotopic (exact) mass is 234 g/mol. The Labute approximate surface area is 104 Å². The molecule has 0 saturated heterocycles. The lowest BCUT2D eigenvalue weighted by atomic mass is 10.0. The molecule has 0 aliphatic rings.